The lowest BCUT2D eigenvalue weighted by molar-refractivity contribution is 0.669. The molecule has 0 spiro atoms. The molecule has 0 aliphatic heterocycles. The molecule has 64 heavy (non-hydrogen) atoms. The van der Waals surface area contributed by atoms with Gasteiger partial charge in [0.2, 0.25) is 0 Å². The Kier molecular flexibility index (Phi) is 8.40. The molecule has 300 valence electrons. The van der Waals surface area contributed by atoms with Crippen molar-refractivity contribution in [3.63, 3.8) is 0 Å². The molecule has 0 N–H and O–H groups in total. The lowest BCUT2D eigenvalue weighted by atomic mass is 9.96. The second-order valence-electron chi connectivity index (χ2n) is 16.4. The molecular formula is C60H37NO2S. The average Bonchev–Trinajstić information content (AvgIpc) is 4.06. The molecule has 0 saturated heterocycles. The van der Waals surface area contributed by atoms with Crippen LogP contribution in [0, 0.1) is 0 Å². The Labute approximate surface area is 373 Å². The minimum Gasteiger partial charge on any atom is -0.456 e. The number of hydrogen-bond donors (Lipinski definition) is 0. The first-order valence-electron chi connectivity index (χ1n) is 21.7. The van der Waals surface area contributed by atoms with Crippen molar-refractivity contribution in [2.75, 3.05) is 4.90 Å². The fourth-order valence-corrected chi connectivity index (χ4v) is 10.8. The molecule has 0 aliphatic rings. The Morgan fingerprint density at radius 2 is 0.828 bits per heavy atom. The van der Waals surface area contributed by atoms with Crippen LogP contribution in [0.4, 0.5) is 17.1 Å². The molecule has 0 radical (unpaired) electrons. The van der Waals surface area contributed by atoms with Crippen LogP contribution in [0.3, 0.4) is 0 Å². The third-order valence-corrected chi connectivity index (χ3v) is 13.8. The summed E-state index contributed by atoms with van der Waals surface area (Å²) >= 11 is 1.83. The maximum absolute atomic E-state index is 7.15. The van der Waals surface area contributed by atoms with Crippen LogP contribution in [0.1, 0.15) is 0 Å². The van der Waals surface area contributed by atoms with Gasteiger partial charge >= 0.3 is 0 Å². The summed E-state index contributed by atoms with van der Waals surface area (Å²) in [6.45, 7) is 0. The van der Waals surface area contributed by atoms with Crippen molar-refractivity contribution < 1.29 is 8.83 Å². The van der Waals surface area contributed by atoms with E-state index in [2.05, 4.69) is 229 Å². The van der Waals surface area contributed by atoms with Crippen molar-refractivity contribution in [3.8, 4) is 44.5 Å². The number of anilines is 3. The molecular weight excluding hydrogens is 799 g/mol. The number of nitrogens with zero attached hydrogens (tertiary/aromatic N) is 1. The smallest absolute Gasteiger partial charge is 0.145 e. The average molecular weight is 836 g/mol. The number of fused-ring (bicyclic) bond motifs is 9. The predicted octanol–water partition coefficient (Wildman–Crippen LogP) is 18.0. The zero-order chi connectivity index (χ0) is 42.1. The molecule has 3 nitrogen and oxygen atoms in total. The fourth-order valence-electron chi connectivity index (χ4n) is 9.70. The van der Waals surface area contributed by atoms with Gasteiger partial charge in [0.25, 0.3) is 0 Å². The molecule has 3 heterocycles. The van der Waals surface area contributed by atoms with Gasteiger partial charge in [0.1, 0.15) is 22.3 Å². The topological polar surface area (TPSA) is 29.5 Å². The SMILES string of the molecule is c1ccc(-c2ccc3c(c2)oc2cc(-c4ccccc4)cc(N(c4cccc5sc6ccccc6c45)c4ccc(-c5ccccc5)c5oc6cc(-c7ccccc7)ccc6c45)c23)cc1. The van der Waals surface area contributed by atoms with E-state index in [1.54, 1.807) is 0 Å². The summed E-state index contributed by atoms with van der Waals surface area (Å²) in [5.41, 5.74) is 15.3. The van der Waals surface area contributed by atoms with Gasteiger partial charge in [-0.1, -0.05) is 158 Å². The number of rotatable bonds is 7. The maximum Gasteiger partial charge on any atom is 0.145 e. The van der Waals surface area contributed by atoms with Gasteiger partial charge in [0, 0.05) is 36.5 Å². The quantitative estimate of drug-likeness (QED) is 0.160. The maximum atomic E-state index is 7.15. The molecule has 13 aromatic rings. The van der Waals surface area contributed by atoms with Crippen molar-refractivity contribution in [1.29, 1.82) is 0 Å². The number of thiophene rings is 1. The van der Waals surface area contributed by atoms with Gasteiger partial charge in [-0.05, 0) is 106 Å². The van der Waals surface area contributed by atoms with E-state index in [0.717, 1.165) is 105 Å². The van der Waals surface area contributed by atoms with E-state index in [0.29, 0.717) is 0 Å². The number of hydrogen-bond acceptors (Lipinski definition) is 4. The number of furan rings is 2. The van der Waals surface area contributed by atoms with E-state index >= 15 is 0 Å². The lowest BCUT2D eigenvalue weighted by Crippen LogP contribution is -2.11. The predicted molar refractivity (Wildman–Crippen MR) is 270 cm³/mol. The van der Waals surface area contributed by atoms with Gasteiger partial charge in [-0.25, -0.2) is 0 Å². The van der Waals surface area contributed by atoms with E-state index in [1.807, 2.05) is 11.3 Å². The molecule has 3 aromatic heterocycles. The second kappa shape index (κ2) is 14.7. The van der Waals surface area contributed by atoms with Gasteiger partial charge in [0.15, 0.2) is 0 Å². The third-order valence-electron chi connectivity index (χ3n) is 12.7. The molecule has 0 fully saturated rings. The van der Waals surface area contributed by atoms with Crippen LogP contribution in [0.15, 0.2) is 233 Å². The van der Waals surface area contributed by atoms with Crippen molar-refractivity contribution in [3.05, 3.63) is 224 Å². The minimum absolute atomic E-state index is 0.825. The lowest BCUT2D eigenvalue weighted by Gasteiger charge is -2.29. The molecule has 0 saturated carbocycles. The van der Waals surface area contributed by atoms with Gasteiger partial charge in [-0.15, -0.1) is 11.3 Å². The van der Waals surface area contributed by atoms with Gasteiger partial charge in [-0.2, -0.15) is 0 Å². The first-order chi connectivity index (χ1) is 31.7. The molecule has 0 amide bonds. The normalized spacial score (nSPS) is 11.8. The molecule has 0 bridgehead atoms. The van der Waals surface area contributed by atoms with Crippen LogP contribution in [-0.4, -0.2) is 0 Å². The summed E-state index contributed by atoms with van der Waals surface area (Å²) < 4.78 is 16.6. The molecule has 4 heteroatoms. The molecule has 0 unspecified atom stereocenters. The fraction of sp³-hybridized carbons (Fsp3) is 0. The first-order valence-corrected chi connectivity index (χ1v) is 22.5. The summed E-state index contributed by atoms with van der Waals surface area (Å²) in [6, 6.07) is 80.2. The van der Waals surface area contributed by atoms with Crippen LogP contribution >= 0.6 is 11.3 Å². The van der Waals surface area contributed by atoms with Crippen molar-refractivity contribution in [1.82, 2.24) is 0 Å². The van der Waals surface area contributed by atoms with Crippen LogP contribution in [0.5, 0.6) is 0 Å². The highest BCUT2D eigenvalue weighted by atomic mass is 32.1. The summed E-state index contributed by atoms with van der Waals surface area (Å²) in [7, 11) is 0. The van der Waals surface area contributed by atoms with Crippen LogP contribution in [0.2, 0.25) is 0 Å². The molecule has 0 atom stereocenters. The van der Waals surface area contributed by atoms with Crippen LogP contribution < -0.4 is 4.90 Å². The highest BCUT2D eigenvalue weighted by Gasteiger charge is 2.28. The largest absolute Gasteiger partial charge is 0.456 e. The summed E-state index contributed by atoms with van der Waals surface area (Å²) in [4.78, 5) is 2.49. The molecule has 10 aromatic carbocycles. The monoisotopic (exact) mass is 835 g/mol. The van der Waals surface area contributed by atoms with E-state index in [1.165, 1.54) is 20.2 Å². The Morgan fingerprint density at radius 1 is 0.297 bits per heavy atom. The van der Waals surface area contributed by atoms with E-state index < -0.39 is 0 Å². The molecule has 13 rings (SSSR count). The highest BCUT2D eigenvalue weighted by Crippen LogP contribution is 2.53. The Balaban J connectivity index is 1.18. The van der Waals surface area contributed by atoms with Crippen molar-refractivity contribution in [2.24, 2.45) is 0 Å². The second-order valence-corrected chi connectivity index (χ2v) is 17.5. The zero-order valence-corrected chi connectivity index (χ0v) is 35.4. The first kappa shape index (κ1) is 36.5. The summed E-state index contributed by atoms with van der Waals surface area (Å²) in [5.74, 6) is 0. The van der Waals surface area contributed by atoms with Gasteiger partial charge in [-0.3, -0.25) is 0 Å². The van der Waals surface area contributed by atoms with Gasteiger partial charge < -0.3 is 13.7 Å². The van der Waals surface area contributed by atoms with Crippen LogP contribution in [0.25, 0.3) is 109 Å². The third kappa shape index (κ3) is 5.88. The Hall–Kier alpha value is -8.18. The van der Waals surface area contributed by atoms with E-state index in [9.17, 15) is 0 Å². The van der Waals surface area contributed by atoms with E-state index in [4.69, 9.17) is 8.83 Å². The highest BCUT2D eigenvalue weighted by molar-refractivity contribution is 7.26. The minimum atomic E-state index is 0.825. The van der Waals surface area contributed by atoms with Crippen molar-refractivity contribution in [2.45, 2.75) is 0 Å². The summed E-state index contributed by atoms with van der Waals surface area (Å²) in [5, 5.41) is 6.63. The van der Waals surface area contributed by atoms with Crippen LogP contribution in [-0.2, 0) is 0 Å². The summed E-state index contributed by atoms with van der Waals surface area (Å²) in [6.07, 6.45) is 0. The number of benzene rings is 10. The Morgan fingerprint density at radius 3 is 1.50 bits per heavy atom. The zero-order valence-electron chi connectivity index (χ0n) is 34.5. The molecule has 0 aliphatic carbocycles. The Bertz CT molecular complexity index is 3890. The van der Waals surface area contributed by atoms with E-state index in [-0.39, 0.29) is 0 Å². The standard InChI is InChI=1S/C60H37NO2S/c1-5-16-38(17-6-1)42-28-30-46-52(35-42)62-54-37-44(40-20-9-3-10-21-40)34-51(57(46)54)61(49-25-15-27-56-58(49)48-24-13-14-26-55(48)64-56)50-33-32-45(41-22-11-4-12-23-41)60-59(50)47-31-29-43(36-53(47)63-60)39-18-7-2-8-19-39/h1-37H. The van der Waals surface area contributed by atoms with Crippen molar-refractivity contribution >= 4 is 92.4 Å². The van der Waals surface area contributed by atoms with Gasteiger partial charge in [0.05, 0.1) is 27.8 Å².